The van der Waals surface area contributed by atoms with Crippen LogP contribution in [0.15, 0.2) is 10.7 Å². The quantitative estimate of drug-likeness (QED) is 0.897. The maximum absolute atomic E-state index is 12.9. The largest absolute Gasteiger partial charge is 0.436 e. The van der Waals surface area contributed by atoms with Crippen LogP contribution in [0.5, 0.6) is 0 Å². The molecule has 0 atom stereocenters. The number of amides is 1. The molecule has 2 aromatic heterocycles. The van der Waals surface area contributed by atoms with Crippen molar-refractivity contribution < 1.29 is 9.21 Å². The van der Waals surface area contributed by atoms with Crippen molar-refractivity contribution >= 4 is 5.91 Å². The van der Waals surface area contributed by atoms with Crippen LogP contribution in [0.3, 0.4) is 0 Å². The summed E-state index contributed by atoms with van der Waals surface area (Å²) in [5.41, 5.74) is 3.05. The van der Waals surface area contributed by atoms with Gasteiger partial charge in [-0.15, -0.1) is 0 Å². The molecular formula is C20H29N5O2. The maximum Gasteiger partial charge on any atom is 0.291 e. The number of carbonyl (C=O) groups excluding carboxylic acids is 1. The summed E-state index contributed by atoms with van der Waals surface area (Å²) >= 11 is 0. The second-order valence-corrected chi connectivity index (χ2v) is 8.29. The van der Waals surface area contributed by atoms with Gasteiger partial charge in [0, 0.05) is 45.2 Å². The molecule has 1 fully saturated rings. The Hall–Kier alpha value is -2.15. The fourth-order valence-corrected chi connectivity index (χ4v) is 4.74. The number of rotatable bonds is 3. The minimum Gasteiger partial charge on any atom is -0.436 e. The summed E-state index contributed by atoms with van der Waals surface area (Å²) in [6.07, 6.45) is 4.64. The zero-order valence-electron chi connectivity index (χ0n) is 16.7. The number of aromatic amines is 1. The van der Waals surface area contributed by atoms with Gasteiger partial charge in [0.25, 0.3) is 5.91 Å². The Labute approximate surface area is 160 Å². The van der Waals surface area contributed by atoms with Crippen LogP contribution in [-0.4, -0.2) is 56.8 Å². The van der Waals surface area contributed by atoms with E-state index in [1.807, 2.05) is 18.2 Å². The number of fused-ring (bicyclic) bond motifs is 2. The number of H-pyrrole nitrogens is 1. The molecule has 1 spiro atoms. The van der Waals surface area contributed by atoms with Crippen molar-refractivity contribution in [3.05, 3.63) is 35.1 Å². The molecule has 1 amide bonds. The van der Waals surface area contributed by atoms with Gasteiger partial charge in [0.15, 0.2) is 5.89 Å². The third-order valence-corrected chi connectivity index (χ3v) is 5.96. The zero-order chi connectivity index (χ0) is 19.2. The Morgan fingerprint density at radius 2 is 2.04 bits per heavy atom. The first-order valence-electron chi connectivity index (χ1n) is 9.92. The number of piperidine rings is 1. The molecule has 7 nitrogen and oxygen atoms in total. The van der Waals surface area contributed by atoms with Gasteiger partial charge in [-0.2, -0.15) is 0 Å². The van der Waals surface area contributed by atoms with Gasteiger partial charge in [0.05, 0.1) is 23.3 Å². The van der Waals surface area contributed by atoms with E-state index in [9.17, 15) is 4.79 Å². The summed E-state index contributed by atoms with van der Waals surface area (Å²) < 4.78 is 5.55. The number of hydrogen-bond donors (Lipinski definition) is 1. The van der Waals surface area contributed by atoms with Gasteiger partial charge in [-0.1, -0.05) is 13.8 Å². The van der Waals surface area contributed by atoms with Crippen LogP contribution in [0.25, 0.3) is 0 Å². The third-order valence-electron chi connectivity index (χ3n) is 5.96. The maximum atomic E-state index is 12.9. The highest BCUT2D eigenvalue weighted by Crippen LogP contribution is 2.42. The van der Waals surface area contributed by atoms with Crippen LogP contribution < -0.4 is 0 Å². The third kappa shape index (κ3) is 3.08. The number of nitrogens with one attached hydrogen (secondary N) is 1. The molecule has 2 aromatic rings. The molecule has 4 heterocycles. The molecule has 1 saturated heterocycles. The summed E-state index contributed by atoms with van der Waals surface area (Å²) in [6.45, 7) is 11.7. The average molecular weight is 371 g/mol. The van der Waals surface area contributed by atoms with Gasteiger partial charge < -0.3 is 14.3 Å². The van der Waals surface area contributed by atoms with E-state index in [2.05, 4.69) is 28.7 Å². The van der Waals surface area contributed by atoms with E-state index in [0.29, 0.717) is 36.4 Å². The van der Waals surface area contributed by atoms with Crippen molar-refractivity contribution in [1.82, 2.24) is 24.8 Å². The van der Waals surface area contributed by atoms with E-state index < -0.39 is 0 Å². The molecule has 4 rings (SSSR count). The van der Waals surface area contributed by atoms with Gasteiger partial charge in [0.2, 0.25) is 5.76 Å². The molecule has 0 saturated carbocycles. The molecule has 0 unspecified atom stereocenters. The number of aryl methyl sites for hydroxylation is 2. The molecule has 7 heteroatoms. The predicted octanol–water partition coefficient (Wildman–Crippen LogP) is 2.66. The fourth-order valence-electron chi connectivity index (χ4n) is 4.74. The Morgan fingerprint density at radius 3 is 2.67 bits per heavy atom. The number of carbonyl (C=O) groups is 1. The van der Waals surface area contributed by atoms with Crippen molar-refractivity contribution in [2.45, 2.75) is 52.5 Å². The topological polar surface area (TPSA) is 78.3 Å². The molecule has 2 aliphatic rings. The number of hydrogen-bond acceptors (Lipinski definition) is 5. The lowest BCUT2D eigenvalue weighted by molar-refractivity contribution is -0.000252. The van der Waals surface area contributed by atoms with Crippen LogP contribution in [0.2, 0.25) is 0 Å². The standard InChI is InChI=1S/C20H29N5O2/c1-13(2)11-25-8-5-16-18(22-12-21-16)20(25)6-9-24(10-7-20)19(26)17-14(3)23-15(4)27-17/h12-13H,5-11H2,1-4H3,(H,21,22). The molecule has 0 radical (unpaired) electrons. The molecule has 0 aliphatic carbocycles. The lowest BCUT2D eigenvalue weighted by Crippen LogP contribution is -2.57. The molecule has 1 N–H and O–H groups in total. The molecule has 146 valence electrons. The number of aromatic nitrogens is 3. The number of imidazole rings is 1. The van der Waals surface area contributed by atoms with Crippen LogP contribution in [0.1, 0.15) is 60.2 Å². The highest BCUT2D eigenvalue weighted by molar-refractivity contribution is 5.92. The van der Waals surface area contributed by atoms with E-state index in [0.717, 1.165) is 32.4 Å². The first-order chi connectivity index (χ1) is 12.9. The van der Waals surface area contributed by atoms with E-state index >= 15 is 0 Å². The first kappa shape index (κ1) is 18.2. The molecule has 2 aliphatic heterocycles. The summed E-state index contributed by atoms with van der Waals surface area (Å²) in [5, 5.41) is 0. The first-order valence-corrected chi connectivity index (χ1v) is 9.92. The van der Waals surface area contributed by atoms with E-state index in [1.54, 1.807) is 6.92 Å². The van der Waals surface area contributed by atoms with Gasteiger partial charge >= 0.3 is 0 Å². The highest BCUT2D eigenvalue weighted by Gasteiger charge is 2.47. The number of likely N-dealkylation sites (tertiary alicyclic amines) is 1. The Morgan fingerprint density at radius 1 is 1.30 bits per heavy atom. The minimum absolute atomic E-state index is 0.0450. The average Bonchev–Trinajstić information content (AvgIpc) is 3.24. The normalized spacial score (nSPS) is 19.7. The monoisotopic (exact) mass is 371 g/mol. The summed E-state index contributed by atoms with van der Waals surface area (Å²) in [7, 11) is 0. The Kier molecular flexibility index (Phi) is 4.58. The fraction of sp³-hybridized carbons (Fsp3) is 0.650. The van der Waals surface area contributed by atoms with Crippen molar-refractivity contribution in [3.8, 4) is 0 Å². The lowest BCUT2D eigenvalue weighted by atomic mass is 9.78. The second kappa shape index (κ2) is 6.78. The van der Waals surface area contributed by atoms with Crippen molar-refractivity contribution in [2.75, 3.05) is 26.2 Å². The Balaban J connectivity index is 1.57. The van der Waals surface area contributed by atoms with Crippen LogP contribution in [-0.2, 0) is 12.0 Å². The zero-order valence-corrected chi connectivity index (χ0v) is 16.7. The van der Waals surface area contributed by atoms with Crippen molar-refractivity contribution in [3.63, 3.8) is 0 Å². The van der Waals surface area contributed by atoms with Gasteiger partial charge in [-0.25, -0.2) is 9.97 Å². The number of nitrogens with zero attached hydrogens (tertiary/aromatic N) is 4. The Bertz CT molecular complexity index is 829. The number of oxazole rings is 1. The molecule has 27 heavy (non-hydrogen) atoms. The van der Waals surface area contributed by atoms with E-state index in [1.165, 1.54) is 11.4 Å². The van der Waals surface area contributed by atoms with Crippen LogP contribution in [0.4, 0.5) is 0 Å². The highest BCUT2D eigenvalue weighted by atomic mass is 16.4. The molecular weight excluding hydrogens is 342 g/mol. The van der Waals surface area contributed by atoms with E-state index in [-0.39, 0.29) is 11.4 Å². The second-order valence-electron chi connectivity index (χ2n) is 8.29. The smallest absolute Gasteiger partial charge is 0.291 e. The lowest BCUT2D eigenvalue weighted by Gasteiger charge is -2.51. The van der Waals surface area contributed by atoms with Crippen LogP contribution >= 0.6 is 0 Å². The van der Waals surface area contributed by atoms with Crippen molar-refractivity contribution in [1.29, 1.82) is 0 Å². The summed E-state index contributed by atoms with van der Waals surface area (Å²) in [5.74, 6) is 1.48. The predicted molar refractivity (Wildman–Crippen MR) is 101 cm³/mol. The van der Waals surface area contributed by atoms with Gasteiger partial charge in [0.1, 0.15) is 0 Å². The SMILES string of the molecule is Cc1nc(C)c(C(=O)N2CCC3(CC2)c2nc[nH]c2CCN3CC(C)C)o1. The molecule has 0 aromatic carbocycles. The van der Waals surface area contributed by atoms with Crippen LogP contribution in [0, 0.1) is 19.8 Å². The van der Waals surface area contributed by atoms with Crippen molar-refractivity contribution in [2.24, 2.45) is 5.92 Å². The minimum atomic E-state index is -0.0684. The summed E-state index contributed by atoms with van der Waals surface area (Å²) in [4.78, 5) is 29.7. The van der Waals surface area contributed by atoms with Gasteiger partial charge in [-0.3, -0.25) is 9.69 Å². The van der Waals surface area contributed by atoms with Gasteiger partial charge in [-0.05, 0) is 25.7 Å². The summed E-state index contributed by atoms with van der Waals surface area (Å²) in [6, 6.07) is 0. The van der Waals surface area contributed by atoms with E-state index in [4.69, 9.17) is 9.40 Å². The molecule has 0 bridgehead atoms.